The van der Waals surface area contributed by atoms with Crippen molar-refractivity contribution in [3.05, 3.63) is 102 Å². The maximum Gasteiger partial charge on any atom is 0.0954 e. The van der Waals surface area contributed by atoms with E-state index in [2.05, 4.69) is 45.0 Å². The number of H-pyrrole nitrogens is 1. The average molecular weight is 334 g/mol. The second-order valence-corrected chi connectivity index (χ2v) is 6.09. The van der Waals surface area contributed by atoms with E-state index in [9.17, 15) is 0 Å². The molecule has 0 radical (unpaired) electrons. The molecule has 0 fully saturated rings. The molecule has 4 heteroatoms. The molecule has 2 aromatic carbocycles. The van der Waals surface area contributed by atoms with Crippen LogP contribution in [0.5, 0.6) is 0 Å². The van der Waals surface area contributed by atoms with E-state index in [0.717, 1.165) is 16.1 Å². The molecule has 0 aliphatic rings. The maximum absolute atomic E-state index is 6.03. The molecule has 1 N–H and O–H groups in total. The third-order valence-electron chi connectivity index (χ3n) is 4.17. The molecule has 0 saturated carbocycles. The van der Waals surface area contributed by atoms with Gasteiger partial charge in [0.1, 0.15) is 0 Å². The summed E-state index contributed by atoms with van der Waals surface area (Å²) in [6.45, 7) is 0. The quantitative estimate of drug-likeness (QED) is 0.549. The predicted octanol–water partition coefficient (Wildman–Crippen LogP) is 5.17. The van der Waals surface area contributed by atoms with Gasteiger partial charge in [-0.05, 0) is 23.3 Å². The monoisotopic (exact) mass is 333 g/mol. The topological polar surface area (TPSA) is 33.6 Å². The van der Waals surface area contributed by atoms with Crippen LogP contribution in [0, 0.1) is 0 Å². The summed E-state index contributed by atoms with van der Waals surface area (Å²) in [5.41, 5.74) is 4.71. The third-order valence-corrected chi connectivity index (χ3v) is 4.42. The summed E-state index contributed by atoms with van der Waals surface area (Å²) in [6.07, 6.45) is 9.75. The second kappa shape index (κ2) is 6.38. The fourth-order valence-electron chi connectivity index (χ4n) is 3.05. The molecular weight excluding hydrogens is 318 g/mol. The molecule has 3 nitrogen and oxygen atoms in total. The van der Waals surface area contributed by atoms with Crippen molar-refractivity contribution < 1.29 is 0 Å². The molecular formula is C20H16ClN3. The highest BCUT2D eigenvalue weighted by molar-refractivity contribution is 6.30. The summed E-state index contributed by atoms with van der Waals surface area (Å²) in [4.78, 5) is 7.48. The van der Waals surface area contributed by atoms with Crippen molar-refractivity contribution in [2.24, 2.45) is 0 Å². The highest BCUT2D eigenvalue weighted by atomic mass is 35.5. The summed E-state index contributed by atoms with van der Waals surface area (Å²) in [5, 5.41) is 0.741. The summed E-state index contributed by atoms with van der Waals surface area (Å²) in [7, 11) is 0. The van der Waals surface area contributed by atoms with E-state index in [0.29, 0.717) is 0 Å². The molecule has 0 bridgehead atoms. The van der Waals surface area contributed by atoms with Crippen molar-refractivity contribution in [1.82, 2.24) is 14.5 Å². The number of hydrogen-bond donors (Lipinski definition) is 1. The van der Waals surface area contributed by atoms with E-state index < -0.39 is 0 Å². The number of benzene rings is 2. The van der Waals surface area contributed by atoms with E-state index in [-0.39, 0.29) is 6.04 Å². The minimum absolute atomic E-state index is 0.0608. The van der Waals surface area contributed by atoms with Crippen molar-refractivity contribution >= 4 is 11.6 Å². The van der Waals surface area contributed by atoms with Gasteiger partial charge in [0.2, 0.25) is 0 Å². The van der Waals surface area contributed by atoms with Crippen molar-refractivity contribution in [3.8, 4) is 11.1 Å². The second-order valence-electron chi connectivity index (χ2n) is 5.65. The van der Waals surface area contributed by atoms with Crippen molar-refractivity contribution in [3.63, 3.8) is 0 Å². The van der Waals surface area contributed by atoms with Crippen LogP contribution in [0.3, 0.4) is 0 Å². The molecule has 4 aromatic rings. The zero-order valence-corrected chi connectivity index (χ0v) is 13.7. The standard InChI is InChI=1S/C20H16ClN3/c21-17-8-6-15(7-9-17)18-12-23-13-19(18)20(24-11-10-22-14-24)16-4-2-1-3-5-16/h1-14,20,23H. The van der Waals surface area contributed by atoms with Gasteiger partial charge in [0.25, 0.3) is 0 Å². The molecule has 2 aromatic heterocycles. The Bertz CT molecular complexity index is 909. The summed E-state index contributed by atoms with van der Waals surface area (Å²) in [5.74, 6) is 0. The van der Waals surface area contributed by atoms with Gasteiger partial charge in [0.05, 0.1) is 12.4 Å². The minimum atomic E-state index is 0.0608. The molecule has 24 heavy (non-hydrogen) atoms. The predicted molar refractivity (Wildman–Crippen MR) is 97.1 cm³/mol. The van der Waals surface area contributed by atoms with Crippen molar-refractivity contribution in [2.45, 2.75) is 6.04 Å². The van der Waals surface area contributed by atoms with Crippen LogP contribution >= 0.6 is 11.6 Å². The Labute approximate surface area is 145 Å². The Kier molecular flexibility index (Phi) is 3.93. The van der Waals surface area contributed by atoms with E-state index in [1.54, 1.807) is 0 Å². The van der Waals surface area contributed by atoms with Crippen LogP contribution < -0.4 is 0 Å². The number of halogens is 1. The molecule has 0 amide bonds. The molecule has 118 valence electrons. The lowest BCUT2D eigenvalue weighted by molar-refractivity contribution is 0.679. The summed E-state index contributed by atoms with van der Waals surface area (Å²) >= 11 is 6.03. The normalized spacial score (nSPS) is 12.2. The lowest BCUT2D eigenvalue weighted by atomic mass is 9.94. The van der Waals surface area contributed by atoms with Gasteiger partial charge in [-0.1, -0.05) is 54.1 Å². The number of imidazole rings is 1. The molecule has 2 heterocycles. The van der Waals surface area contributed by atoms with Crippen LogP contribution in [0.15, 0.2) is 85.7 Å². The fourth-order valence-corrected chi connectivity index (χ4v) is 3.18. The van der Waals surface area contributed by atoms with Gasteiger partial charge in [-0.25, -0.2) is 4.98 Å². The number of nitrogens with zero attached hydrogens (tertiary/aromatic N) is 2. The number of aromatic nitrogens is 3. The fraction of sp³-hybridized carbons (Fsp3) is 0.0500. The molecule has 1 unspecified atom stereocenters. The molecule has 1 atom stereocenters. The van der Waals surface area contributed by atoms with Crippen LogP contribution in [0.1, 0.15) is 17.2 Å². The van der Waals surface area contributed by atoms with Gasteiger partial charge in [-0.2, -0.15) is 0 Å². The third kappa shape index (κ3) is 2.74. The van der Waals surface area contributed by atoms with Crippen LogP contribution in [0.2, 0.25) is 5.02 Å². The molecule has 0 aliphatic carbocycles. The van der Waals surface area contributed by atoms with Crippen LogP contribution in [-0.4, -0.2) is 14.5 Å². The van der Waals surface area contributed by atoms with Gasteiger partial charge >= 0.3 is 0 Å². The first-order valence-corrected chi connectivity index (χ1v) is 8.16. The number of rotatable bonds is 4. The Hall–Kier alpha value is -2.78. The van der Waals surface area contributed by atoms with Crippen LogP contribution in [0.25, 0.3) is 11.1 Å². The van der Waals surface area contributed by atoms with Gasteiger partial charge in [0.15, 0.2) is 0 Å². The number of nitrogens with one attached hydrogen (secondary N) is 1. The van der Waals surface area contributed by atoms with E-state index >= 15 is 0 Å². The smallest absolute Gasteiger partial charge is 0.0954 e. The molecule has 0 aliphatic heterocycles. The SMILES string of the molecule is Clc1ccc(-c2c[nH]cc2C(c2ccccc2)n2ccnc2)cc1. The highest BCUT2D eigenvalue weighted by Gasteiger charge is 2.20. The van der Waals surface area contributed by atoms with Crippen LogP contribution in [-0.2, 0) is 0 Å². The zero-order valence-electron chi connectivity index (χ0n) is 12.9. The minimum Gasteiger partial charge on any atom is -0.367 e. The molecule has 4 rings (SSSR count). The van der Waals surface area contributed by atoms with Crippen LogP contribution in [0.4, 0.5) is 0 Å². The molecule has 0 saturated heterocycles. The van der Waals surface area contributed by atoms with Crippen molar-refractivity contribution in [1.29, 1.82) is 0 Å². The van der Waals surface area contributed by atoms with Gasteiger partial charge in [0, 0.05) is 40.9 Å². The first-order chi connectivity index (χ1) is 11.8. The Morgan fingerprint density at radius 1 is 0.958 bits per heavy atom. The number of hydrogen-bond acceptors (Lipinski definition) is 1. The lowest BCUT2D eigenvalue weighted by Crippen LogP contribution is -2.10. The molecule has 0 spiro atoms. The van der Waals surface area contributed by atoms with E-state index in [1.807, 2.05) is 55.2 Å². The van der Waals surface area contributed by atoms with Crippen molar-refractivity contribution in [2.75, 3.05) is 0 Å². The highest BCUT2D eigenvalue weighted by Crippen LogP contribution is 2.34. The Morgan fingerprint density at radius 2 is 1.75 bits per heavy atom. The summed E-state index contributed by atoms with van der Waals surface area (Å²) < 4.78 is 2.12. The summed E-state index contributed by atoms with van der Waals surface area (Å²) in [6, 6.07) is 18.4. The van der Waals surface area contributed by atoms with Gasteiger partial charge in [-0.15, -0.1) is 0 Å². The van der Waals surface area contributed by atoms with E-state index in [4.69, 9.17) is 11.6 Å². The average Bonchev–Trinajstić information content (AvgIpc) is 3.30. The Morgan fingerprint density at radius 3 is 2.46 bits per heavy atom. The first-order valence-electron chi connectivity index (χ1n) is 7.78. The zero-order chi connectivity index (χ0) is 16.4. The van der Waals surface area contributed by atoms with Gasteiger partial charge in [-0.3, -0.25) is 0 Å². The lowest BCUT2D eigenvalue weighted by Gasteiger charge is -2.20. The first kappa shape index (κ1) is 14.8. The largest absolute Gasteiger partial charge is 0.367 e. The maximum atomic E-state index is 6.03. The van der Waals surface area contributed by atoms with Gasteiger partial charge < -0.3 is 9.55 Å². The number of aromatic amines is 1. The van der Waals surface area contributed by atoms with E-state index in [1.165, 1.54) is 11.1 Å². The Balaban J connectivity index is 1.86.